The molecule has 0 aliphatic carbocycles. The third kappa shape index (κ3) is 5.30. The van der Waals surface area contributed by atoms with Crippen molar-refractivity contribution in [2.24, 2.45) is 0 Å². The molecule has 3 rings (SSSR count). The number of amides is 1. The highest BCUT2D eigenvalue weighted by molar-refractivity contribution is 7.92. The van der Waals surface area contributed by atoms with Crippen LogP contribution >= 0.6 is 11.6 Å². The van der Waals surface area contributed by atoms with Crippen LogP contribution in [0.25, 0.3) is 0 Å². The second-order valence-corrected chi connectivity index (χ2v) is 11.0. The number of benzene rings is 2. The van der Waals surface area contributed by atoms with Crippen molar-refractivity contribution in [1.82, 2.24) is 5.32 Å². The average molecular weight is 493 g/mol. The van der Waals surface area contributed by atoms with Crippen LogP contribution in [0, 0.1) is 6.92 Å². The number of rotatable bonds is 8. The van der Waals surface area contributed by atoms with Crippen molar-refractivity contribution < 1.29 is 17.9 Å². The van der Waals surface area contributed by atoms with Gasteiger partial charge in [-0.2, -0.15) is 0 Å². The zero-order valence-electron chi connectivity index (χ0n) is 19.9. The molecule has 8 heteroatoms. The molecule has 0 bridgehead atoms. The summed E-state index contributed by atoms with van der Waals surface area (Å²) in [4.78, 5) is 13.6. The number of sulfonamides is 1. The number of aryl methyl sites for hydroxylation is 1. The minimum Gasteiger partial charge on any atom is -0.487 e. The first kappa shape index (κ1) is 25.4. The highest BCUT2D eigenvalue weighted by atomic mass is 35.5. The first-order chi connectivity index (χ1) is 15.5. The van der Waals surface area contributed by atoms with E-state index in [2.05, 4.69) is 19.2 Å². The van der Waals surface area contributed by atoms with Gasteiger partial charge in [0.05, 0.1) is 18.0 Å². The summed E-state index contributed by atoms with van der Waals surface area (Å²) in [5.74, 6) is 0.415. The minimum absolute atomic E-state index is 0.278. The number of carbonyl (C=O) groups excluding carboxylic acids is 1. The van der Waals surface area contributed by atoms with Gasteiger partial charge in [0.15, 0.2) is 0 Å². The van der Waals surface area contributed by atoms with Gasteiger partial charge in [-0.05, 0) is 49.9 Å². The molecule has 2 atom stereocenters. The molecule has 180 valence electrons. The van der Waals surface area contributed by atoms with E-state index in [0.29, 0.717) is 23.6 Å². The topological polar surface area (TPSA) is 75.7 Å². The van der Waals surface area contributed by atoms with Crippen molar-refractivity contribution in [3.8, 4) is 5.75 Å². The van der Waals surface area contributed by atoms with Crippen LogP contribution in [0.2, 0.25) is 5.02 Å². The summed E-state index contributed by atoms with van der Waals surface area (Å²) in [7, 11) is -3.75. The Morgan fingerprint density at radius 3 is 2.45 bits per heavy atom. The molecule has 0 saturated heterocycles. The molecule has 1 heterocycles. The molecule has 0 aromatic heterocycles. The zero-order chi connectivity index (χ0) is 24.4. The van der Waals surface area contributed by atoms with Crippen LogP contribution in [0.5, 0.6) is 5.75 Å². The highest BCUT2D eigenvalue weighted by Gasteiger charge is 2.40. The van der Waals surface area contributed by atoms with Gasteiger partial charge in [0, 0.05) is 17.0 Å². The van der Waals surface area contributed by atoms with E-state index < -0.39 is 16.1 Å². The normalized spacial score (nSPS) is 18.1. The second kappa shape index (κ2) is 9.94. The third-order valence-corrected chi connectivity index (χ3v) is 8.13. The van der Waals surface area contributed by atoms with Crippen LogP contribution < -0.4 is 14.4 Å². The van der Waals surface area contributed by atoms with Crippen molar-refractivity contribution in [1.29, 1.82) is 0 Å². The summed E-state index contributed by atoms with van der Waals surface area (Å²) in [6, 6.07) is 11.5. The summed E-state index contributed by atoms with van der Waals surface area (Å²) in [5, 5.41) is 3.59. The van der Waals surface area contributed by atoms with Gasteiger partial charge < -0.3 is 10.1 Å². The maximum Gasteiger partial charge on any atom is 0.244 e. The van der Waals surface area contributed by atoms with Gasteiger partial charge in [0.2, 0.25) is 15.9 Å². The standard InChI is InChI=1S/C25H33ClN2O4S/c1-6-22(28(33(5,30)31)18-14-13-17(4)20(26)15-18)24(29)27-21-16-25(7-2,8-3)32-23-12-10-9-11-19(21)23/h9-15,21-22H,6-8,16H2,1-5H3,(H,27,29)/t21-,22+/m1/s1. The Morgan fingerprint density at radius 1 is 1.21 bits per heavy atom. The average Bonchev–Trinajstić information content (AvgIpc) is 2.78. The predicted octanol–water partition coefficient (Wildman–Crippen LogP) is 5.39. The van der Waals surface area contributed by atoms with E-state index in [9.17, 15) is 13.2 Å². The van der Waals surface area contributed by atoms with Crippen molar-refractivity contribution in [3.63, 3.8) is 0 Å². The SMILES string of the molecule is CC[C@@H](C(=O)N[C@@H]1CC(CC)(CC)Oc2ccccc21)N(c1ccc(C)c(Cl)c1)S(C)(=O)=O. The van der Waals surface area contributed by atoms with E-state index in [1.165, 1.54) is 4.31 Å². The van der Waals surface area contributed by atoms with Crippen molar-refractivity contribution in [2.75, 3.05) is 10.6 Å². The molecule has 1 aliphatic rings. The Hall–Kier alpha value is -2.25. The number of hydrogen-bond acceptors (Lipinski definition) is 4. The quantitative estimate of drug-likeness (QED) is 0.536. The number of anilines is 1. The van der Waals surface area contributed by atoms with E-state index in [4.69, 9.17) is 16.3 Å². The molecule has 2 aromatic carbocycles. The van der Waals surface area contributed by atoms with E-state index in [1.807, 2.05) is 31.2 Å². The van der Waals surface area contributed by atoms with E-state index >= 15 is 0 Å². The van der Waals surface area contributed by atoms with Crippen LogP contribution in [0.1, 0.15) is 63.6 Å². The summed E-state index contributed by atoms with van der Waals surface area (Å²) in [6.07, 6.45) is 3.65. The third-order valence-electron chi connectivity index (χ3n) is 6.54. The number of hydrogen-bond donors (Lipinski definition) is 1. The van der Waals surface area contributed by atoms with Crippen LogP contribution in [0.15, 0.2) is 42.5 Å². The number of para-hydroxylation sites is 1. The first-order valence-corrected chi connectivity index (χ1v) is 13.6. The van der Waals surface area contributed by atoms with Crippen molar-refractivity contribution in [2.45, 2.75) is 71.1 Å². The number of fused-ring (bicyclic) bond motifs is 1. The molecule has 6 nitrogen and oxygen atoms in total. The maximum atomic E-state index is 13.6. The fraction of sp³-hybridized carbons (Fsp3) is 0.480. The largest absolute Gasteiger partial charge is 0.487 e. The number of nitrogens with one attached hydrogen (secondary N) is 1. The van der Waals surface area contributed by atoms with Crippen LogP contribution in [0.4, 0.5) is 5.69 Å². The lowest BCUT2D eigenvalue weighted by Crippen LogP contribution is -2.52. The van der Waals surface area contributed by atoms with Gasteiger partial charge in [-0.25, -0.2) is 8.42 Å². The van der Waals surface area contributed by atoms with Gasteiger partial charge in [0.1, 0.15) is 17.4 Å². The van der Waals surface area contributed by atoms with Crippen LogP contribution in [0.3, 0.4) is 0 Å². The lowest BCUT2D eigenvalue weighted by atomic mass is 9.83. The predicted molar refractivity (Wildman–Crippen MR) is 133 cm³/mol. The first-order valence-electron chi connectivity index (χ1n) is 11.4. The second-order valence-electron chi connectivity index (χ2n) is 8.71. The van der Waals surface area contributed by atoms with E-state index in [0.717, 1.165) is 36.0 Å². The number of halogens is 1. The van der Waals surface area contributed by atoms with Crippen molar-refractivity contribution in [3.05, 3.63) is 58.6 Å². The van der Waals surface area contributed by atoms with Crippen LogP contribution in [-0.2, 0) is 14.8 Å². The fourth-order valence-electron chi connectivity index (χ4n) is 4.48. The van der Waals surface area contributed by atoms with Crippen molar-refractivity contribution >= 4 is 33.2 Å². The molecule has 2 aromatic rings. The number of nitrogens with zero attached hydrogens (tertiary/aromatic N) is 1. The Balaban J connectivity index is 1.97. The Bertz CT molecular complexity index is 1120. The summed E-state index contributed by atoms with van der Waals surface area (Å²) in [6.45, 7) is 7.81. The molecule has 0 saturated carbocycles. The molecule has 0 unspecified atom stereocenters. The zero-order valence-corrected chi connectivity index (χ0v) is 21.5. The van der Waals surface area contributed by atoms with E-state index in [1.54, 1.807) is 25.1 Å². The van der Waals surface area contributed by atoms with Gasteiger partial charge >= 0.3 is 0 Å². The smallest absolute Gasteiger partial charge is 0.244 e. The summed E-state index contributed by atoms with van der Waals surface area (Å²) >= 11 is 6.27. The molecule has 33 heavy (non-hydrogen) atoms. The van der Waals surface area contributed by atoms with Gasteiger partial charge in [-0.1, -0.05) is 56.6 Å². The fourth-order valence-corrected chi connectivity index (χ4v) is 5.86. The molecule has 0 radical (unpaired) electrons. The minimum atomic E-state index is -3.75. The highest BCUT2D eigenvalue weighted by Crippen LogP contribution is 2.42. The molecule has 1 aliphatic heterocycles. The van der Waals surface area contributed by atoms with Crippen LogP contribution in [-0.4, -0.2) is 32.2 Å². The number of ether oxygens (including phenoxy) is 1. The molecule has 1 amide bonds. The molecule has 0 fully saturated rings. The molecular weight excluding hydrogens is 460 g/mol. The Kier molecular flexibility index (Phi) is 7.64. The maximum absolute atomic E-state index is 13.6. The van der Waals surface area contributed by atoms with Gasteiger partial charge in [-0.3, -0.25) is 9.10 Å². The Morgan fingerprint density at radius 2 is 1.88 bits per heavy atom. The van der Waals surface area contributed by atoms with E-state index in [-0.39, 0.29) is 17.6 Å². The molecule has 1 N–H and O–H groups in total. The molecular formula is C25H33ClN2O4S. The monoisotopic (exact) mass is 492 g/mol. The van der Waals surface area contributed by atoms with Gasteiger partial charge in [-0.15, -0.1) is 0 Å². The lowest BCUT2D eigenvalue weighted by Gasteiger charge is -2.42. The summed E-state index contributed by atoms with van der Waals surface area (Å²) < 4.78 is 33.1. The Labute approximate surface area is 202 Å². The summed E-state index contributed by atoms with van der Waals surface area (Å²) in [5.41, 5.74) is 1.73. The lowest BCUT2D eigenvalue weighted by molar-refractivity contribution is -0.123. The van der Waals surface area contributed by atoms with Gasteiger partial charge in [0.25, 0.3) is 0 Å². The molecule has 0 spiro atoms. The number of carbonyl (C=O) groups is 1.